The Hall–Kier alpha value is -0.310. The van der Waals surface area contributed by atoms with Gasteiger partial charge in [0.1, 0.15) is 18.3 Å². The highest BCUT2D eigenvalue weighted by Gasteiger charge is 2.28. The van der Waals surface area contributed by atoms with Gasteiger partial charge in [-0.25, -0.2) is 0 Å². The number of aliphatic hydroxyl groups excluding tert-OH is 5. The maximum absolute atomic E-state index is 9.04. The molecule has 0 aromatic carbocycles. The monoisotopic (exact) mass is 201 g/mol. The molecule has 4 atom stereocenters. The molecular formula is C6H16FNO5. The first-order valence-electron chi connectivity index (χ1n) is 3.57. The standard InChI is InChI=1S/C6H15NO5.FH/c7-1-3(9)5(11)6(12)4(10)2-8;/h3-6,8-12H,1-2,7H2;1H. The van der Waals surface area contributed by atoms with Crippen molar-refractivity contribution in [1.29, 1.82) is 0 Å². The fourth-order valence-corrected chi connectivity index (χ4v) is 0.703. The molecule has 0 aliphatic carbocycles. The highest BCUT2D eigenvalue weighted by molar-refractivity contribution is 4.80. The molecule has 0 aromatic rings. The summed E-state index contributed by atoms with van der Waals surface area (Å²) in [5, 5.41) is 44.2. The summed E-state index contributed by atoms with van der Waals surface area (Å²) in [7, 11) is 0. The molecule has 6 nitrogen and oxygen atoms in total. The Bertz CT molecular complexity index is 114. The third-order valence-corrected chi connectivity index (χ3v) is 1.57. The molecule has 0 aliphatic rings. The quantitative estimate of drug-likeness (QED) is 0.274. The highest BCUT2D eigenvalue weighted by atomic mass is 19.0. The zero-order valence-corrected chi connectivity index (χ0v) is 6.95. The topological polar surface area (TPSA) is 127 Å². The molecule has 0 spiro atoms. The highest BCUT2D eigenvalue weighted by Crippen LogP contribution is 2.03. The van der Waals surface area contributed by atoms with Gasteiger partial charge in [-0.1, -0.05) is 0 Å². The number of nitrogens with two attached hydrogens (primary N) is 1. The lowest BCUT2D eigenvalue weighted by Crippen LogP contribution is -2.48. The summed E-state index contributed by atoms with van der Waals surface area (Å²) < 4.78 is 0. The molecule has 0 rings (SSSR count). The molecule has 0 aliphatic heterocycles. The summed E-state index contributed by atoms with van der Waals surface area (Å²) in [6.07, 6.45) is -5.91. The van der Waals surface area contributed by atoms with Crippen molar-refractivity contribution in [3.8, 4) is 0 Å². The van der Waals surface area contributed by atoms with Gasteiger partial charge in [-0.2, -0.15) is 0 Å². The van der Waals surface area contributed by atoms with Gasteiger partial charge in [0.2, 0.25) is 0 Å². The Morgan fingerprint density at radius 2 is 1.31 bits per heavy atom. The third-order valence-electron chi connectivity index (χ3n) is 1.57. The van der Waals surface area contributed by atoms with Crippen LogP contribution in [0.1, 0.15) is 0 Å². The zero-order chi connectivity index (χ0) is 9.72. The van der Waals surface area contributed by atoms with Gasteiger partial charge < -0.3 is 31.3 Å². The van der Waals surface area contributed by atoms with Crippen LogP contribution in [-0.2, 0) is 0 Å². The molecule has 0 saturated heterocycles. The van der Waals surface area contributed by atoms with Gasteiger partial charge in [-0.15, -0.1) is 0 Å². The minimum Gasteiger partial charge on any atom is -0.394 e. The van der Waals surface area contributed by atoms with Gasteiger partial charge in [-0.05, 0) is 0 Å². The van der Waals surface area contributed by atoms with E-state index in [9.17, 15) is 0 Å². The van der Waals surface area contributed by atoms with Crippen LogP contribution in [0.15, 0.2) is 0 Å². The fraction of sp³-hybridized carbons (Fsp3) is 1.00. The van der Waals surface area contributed by atoms with E-state index < -0.39 is 31.0 Å². The van der Waals surface area contributed by atoms with Gasteiger partial charge in [0.25, 0.3) is 0 Å². The van der Waals surface area contributed by atoms with E-state index in [1.165, 1.54) is 0 Å². The van der Waals surface area contributed by atoms with Crippen molar-refractivity contribution < 1.29 is 30.2 Å². The van der Waals surface area contributed by atoms with Crippen molar-refractivity contribution >= 4 is 0 Å². The van der Waals surface area contributed by atoms with Gasteiger partial charge in [0.15, 0.2) is 0 Å². The second-order valence-electron chi connectivity index (χ2n) is 2.53. The normalized spacial score (nSPS) is 19.8. The van der Waals surface area contributed by atoms with E-state index in [1.807, 2.05) is 0 Å². The summed E-state index contributed by atoms with van der Waals surface area (Å²) in [6, 6.07) is 0. The molecule has 13 heavy (non-hydrogen) atoms. The zero-order valence-electron chi connectivity index (χ0n) is 6.95. The summed E-state index contributed by atoms with van der Waals surface area (Å²) in [5.74, 6) is 0. The van der Waals surface area contributed by atoms with Crippen molar-refractivity contribution in [3.05, 3.63) is 0 Å². The average Bonchev–Trinajstić information content (AvgIpc) is 2.12. The summed E-state index contributed by atoms with van der Waals surface area (Å²) >= 11 is 0. The van der Waals surface area contributed by atoms with E-state index in [0.717, 1.165) is 0 Å². The average molecular weight is 201 g/mol. The van der Waals surface area contributed by atoms with E-state index in [4.69, 9.17) is 31.3 Å². The maximum Gasteiger partial charge on any atom is 0.111 e. The number of hydrogen-bond donors (Lipinski definition) is 6. The third kappa shape index (κ3) is 4.46. The molecule has 0 amide bonds. The molecule has 82 valence electrons. The summed E-state index contributed by atoms with van der Waals surface area (Å²) in [6.45, 7) is -0.911. The maximum atomic E-state index is 9.04. The lowest BCUT2D eigenvalue weighted by atomic mass is 10.0. The molecule has 4 unspecified atom stereocenters. The lowest BCUT2D eigenvalue weighted by Gasteiger charge is -2.24. The van der Waals surface area contributed by atoms with Crippen molar-refractivity contribution in [2.45, 2.75) is 24.4 Å². The molecule has 0 aromatic heterocycles. The van der Waals surface area contributed by atoms with Crippen molar-refractivity contribution in [2.75, 3.05) is 13.2 Å². The minimum atomic E-state index is -1.59. The van der Waals surface area contributed by atoms with Crippen LogP contribution in [0.3, 0.4) is 0 Å². The number of aliphatic hydroxyl groups is 5. The van der Waals surface area contributed by atoms with Gasteiger partial charge >= 0.3 is 0 Å². The van der Waals surface area contributed by atoms with Gasteiger partial charge in [-0.3, -0.25) is 4.70 Å². The van der Waals surface area contributed by atoms with Crippen LogP contribution in [0.4, 0.5) is 4.70 Å². The first-order chi connectivity index (χ1) is 5.54. The van der Waals surface area contributed by atoms with Crippen LogP contribution in [0, 0.1) is 0 Å². The van der Waals surface area contributed by atoms with Gasteiger partial charge in [0, 0.05) is 6.54 Å². The second-order valence-corrected chi connectivity index (χ2v) is 2.53. The summed E-state index contributed by atoms with van der Waals surface area (Å²) in [4.78, 5) is 0. The minimum absolute atomic E-state index is 0. The van der Waals surface area contributed by atoms with Crippen molar-refractivity contribution in [2.24, 2.45) is 5.73 Å². The molecule has 7 N–H and O–H groups in total. The Morgan fingerprint density at radius 3 is 1.62 bits per heavy atom. The lowest BCUT2D eigenvalue weighted by molar-refractivity contribution is -0.112. The van der Waals surface area contributed by atoms with Crippen LogP contribution in [0.2, 0.25) is 0 Å². The molecule has 0 saturated carbocycles. The van der Waals surface area contributed by atoms with E-state index in [1.54, 1.807) is 0 Å². The van der Waals surface area contributed by atoms with Crippen LogP contribution < -0.4 is 5.73 Å². The largest absolute Gasteiger partial charge is 0.394 e. The molecule has 7 heteroatoms. The Balaban J connectivity index is 0. The molecule has 0 heterocycles. The Morgan fingerprint density at radius 1 is 0.923 bits per heavy atom. The van der Waals surface area contributed by atoms with E-state index >= 15 is 0 Å². The Kier molecular flexibility index (Phi) is 8.32. The molecule has 0 fully saturated rings. The number of halogens is 1. The number of hydrogen-bond acceptors (Lipinski definition) is 6. The predicted molar refractivity (Wildman–Crippen MR) is 42.7 cm³/mol. The summed E-state index contributed by atoms with van der Waals surface area (Å²) in [5.41, 5.74) is 4.99. The second kappa shape index (κ2) is 7.13. The smallest absolute Gasteiger partial charge is 0.111 e. The van der Waals surface area contributed by atoms with Gasteiger partial charge in [0.05, 0.1) is 12.7 Å². The first kappa shape index (κ1) is 15.2. The van der Waals surface area contributed by atoms with Crippen molar-refractivity contribution in [1.82, 2.24) is 0 Å². The van der Waals surface area contributed by atoms with Crippen LogP contribution in [0.25, 0.3) is 0 Å². The van der Waals surface area contributed by atoms with Crippen LogP contribution >= 0.6 is 0 Å². The van der Waals surface area contributed by atoms with E-state index in [-0.39, 0.29) is 11.2 Å². The molecule has 0 bridgehead atoms. The van der Waals surface area contributed by atoms with E-state index in [2.05, 4.69) is 0 Å². The number of rotatable bonds is 5. The fourth-order valence-electron chi connectivity index (χ4n) is 0.703. The first-order valence-corrected chi connectivity index (χ1v) is 3.57. The van der Waals surface area contributed by atoms with Crippen molar-refractivity contribution in [3.63, 3.8) is 0 Å². The molecular weight excluding hydrogens is 185 g/mol. The Labute approximate surface area is 74.6 Å². The van der Waals surface area contributed by atoms with E-state index in [0.29, 0.717) is 0 Å². The van der Waals surface area contributed by atoms with Crippen LogP contribution in [-0.4, -0.2) is 63.1 Å². The molecule has 0 radical (unpaired) electrons. The SMILES string of the molecule is F.NCC(O)C(O)C(O)C(O)CO. The predicted octanol–water partition coefficient (Wildman–Crippen LogP) is -3.47. The van der Waals surface area contributed by atoms with Crippen LogP contribution in [0.5, 0.6) is 0 Å².